The van der Waals surface area contributed by atoms with E-state index in [1.165, 1.54) is 11.3 Å². The summed E-state index contributed by atoms with van der Waals surface area (Å²) in [5.41, 5.74) is 5.59. The van der Waals surface area contributed by atoms with Crippen molar-refractivity contribution < 1.29 is 4.79 Å². The molecule has 6 heteroatoms. The molecule has 1 unspecified atom stereocenters. The predicted molar refractivity (Wildman–Crippen MR) is 67.2 cm³/mol. The number of amides is 1. The van der Waals surface area contributed by atoms with Gasteiger partial charge in [-0.1, -0.05) is 0 Å². The van der Waals surface area contributed by atoms with Gasteiger partial charge in [0.25, 0.3) is 5.91 Å². The lowest BCUT2D eigenvalue weighted by molar-refractivity contribution is 0.0792. The molecule has 1 aromatic rings. The molecule has 1 aliphatic heterocycles. The summed E-state index contributed by atoms with van der Waals surface area (Å²) < 4.78 is 0. The van der Waals surface area contributed by atoms with Crippen LogP contribution < -0.4 is 5.73 Å². The van der Waals surface area contributed by atoms with Gasteiger partial charge in [-0.2, -0.15) is 0 Å². The van der Waals surface area contributed by atoms with Crippen molar-refractivity contribution in [2.75, 3.05) is 19.6 Å². The van der Waals surface area contributed by atoms with Crippen LogP contribution in [-0.4, -0.2) is 35.4 Å². The molecule has 1 saturated heterocycles. The van der Waals surface area contributed by atoms with E-state index >= 15 is 0 Å². The van der Waals surface area contributed by atoms with Crippen molar-refractivity contribution in [3.8, 4) is 0 Å². The number of rotatable bonds is 2. The number of aryl methyl sites for hydroxylation is 1. The van der Waals surface area contributed by atoms with Gasteiger partial charge in [-0.05, 0) is 25.8 Å². The number of carbonyl (C=O) groups excluding carboxylic acids is 1. The summed E-state index contributed by atoms with van der Waals surface area (Å²) in [7, 11) is 0. The summed E-state index contributed by atoms with van der Waals surface area (Å²) in [4.78, 5) is 18.7. The van der Waals surface area contributed by atoms with E-state index < -0.39 is 0 Å². The van der Waals surface area contributed by atoms with Crippen LogP contribution in [0.2, 0.25) is 0 Å². The van der Waals surface area contributed by atoms with Gasteiger partial charge >= 0.3 is 0 Å². The SMILES string of the molecule is Cc1ncc(C(=O)N2CCC(CN)C2)s1.Cl. The van der Waals surface area contributed by atoms with Crippen LogP contribution in [0.5, 0.6) is 0 Å². The lowest BCUT2D eigenvalue weighted by atomic mass is 10.1. The lowest BCUT2D eigenvalue weighted by Crippen LogP contribution is -2.29. The van der Waals surface area contributed by atoms with E-state index in [-0.39, 0.29) is 18.3 Å². The molecule has 2 heterocycles. The van der Waals surface area contributed by atoms with Crippen LogP contribution in [0.1, 0.15) is 21.1 Å². The molecular weight excluding hydrogens is 246 g/mol. The van der Waals surface area contributed by atoms with E-state index in [9.17, 15) is 4.79 Å². The smallest absolute Gasteiger partial charge is 0.265 e. The molecule has 1 amide bonds. The molecule has 16 heavy (non-hydrogen) atoms. The zero-order valence-electron chi connectivity index (χ0n) is 9.18. The Hall–Kier alpha value is -0.650. The molecule has 1 aromatic heterocycles. The number of halogens is 1. The van der Waals surface area contributed by atoms with Crippen molar-refractivity contribution in [3.63, 3.8) is 0 Å². The highest BCUT2D eigenvalue weighted by Gasteiger charge is 2.26. The second-order valence-electron chi connectivity index (χ2n) is 3.89. The van der Waals surface area contributed by atoms with E-state index in [0.29, 0.717) is 12.5 Å². The number of thiazole rings is 1. The summed E-state index contributed by atoms with van der Waals surface area (Å²) in [6, 6.07) is 0. The van der Waals surface area contributed by atoms with Gasteiger partial charge in [-0.3, -0.25) is 4.79 Å². The standard InChI is InChI=1S/C10H15N3OS.ClH/c1-7-12-5-9(15-7)10(14)13-3-2-8(4-11)6-13;/h5,8H,2-4,6,11H2,1H3;1H. The monoisotopic (exact) mass is 261 g/mol. The second-order valence-corrected chi connectivity index (χ2v) is 5.12. The van der Waals surface area contributed by atoms with Crippen molar-refractivity contribution in [3.05, 3.63) is 16.1 Å². The lowest BCUT2D eigenvalue weighted by Gasteiger charge is -2.14. The van der Waals surface area contributed by atoms with E-state index in [0.717, 1.165) is 29.4 Å². The third-order valence-electron chi connectivity index (χ3n) is 2.74. The number of carbonyl (C=O) groups is 1. The molecule has 0 spiro atoms. The average Bonchev–Trinajstić information content (AvgIpc) is 2.84. The molecule has 4 nitrogen and oxygen atoms in total. The summed E-state index contributed by atoms with van der Waals surface area (Å²) in [6.07, 6.45) is 2.69. The van der Waals surface area contributed by atoms with E-state index in [1.54, 1.807) is 6.20 Å². The fourth-order valence-corrected chi connectivity index (χ4v) is 2.57. The zero-order valence-corrected chi connectivity index (χ0v) is 10.8. The first kappa shape index (κ1) is 13.4. The largest absolute Gasteiger partial charge is 0.338 e. The van der Waals surface area contributed by atoms with Crippen molar-refractivity contribution >= 4 is 29.7 Å². The summed E-state index contributed by atoms with van der Waals surface area (Å²) in [5, 5.41) is 0.938. The van der Waals surface area contributed by atoms with Crippen LogP contribution in [0.15, 0.2) is 6.20 Å². The van der Waals surface area contributed by atoms with Crippen LogP contribution in [-0.2, 0) is 0 Å². The molecule has 1 aliphatic rings. The molecule has 0 aliphatic carbocycles. The first-order chi connectivity index (χ1) is 7.20. The van der Waals surface area contributed by atoms with Crippen LogP contribution in [0.25, 0.3) is 0 Å². The predicted octanol–water partition coefficient (Wildman–Crippen LogP) is 1.29. The van der Waals surface area contributed by atoms with Gasteiger partial charge in [0.1, 0.15) is 4.88 Å². The number of nitrogens with zero attached hydrogens (tertiary/aromatic N) is 2. The first-order valence-corrected chi connectivity index (χ1v) is 5.94. The molecule has 1 atom stereocenters. The highest BCUT2D eigenvalue weighted by Crippen LogP contribution is 2.20. The Labute approximate surface area is 105 Å². The maximum atomic E-state index is 12.0. The normalized spacial score (nSPS) is 19.6. The van der Waals surface area contributed by atoms with Crippen LogP contribution in [0.3, 0.4) is 0 Å². The van der Waals surface area contributed by atoms with Crippen LogP contribution in [0.4, 0.5) is 0 Å². The van der Waals surface area contributed by atoms with E-state index in [4.69, 9.17) is 5.73 Å². The minimum Gasteiger partial charge on any atom is -0.338 e. The maximum Gasteiger partial charge on any atom is 0.265 e. The van der Waals surface area contributed by atoms with Crippen molar-refractivity contribution in [2.24, 2.45) is 11.7 Å². The van der Waals surface area contributed by atoms with Crippen LogP contribution >= 0.6 is 23.7 Å². The number of aromatic nitrogens is 1. The fourth-order valence-electron chi connectivity index (χ4n) is 1.83. The Balaban J connectivity index is 0.00000128. The Morgan fingerprint density at radius 2 is 2.50 bits per heavy atom. The third kappa shape index (κ3) is 2.72. The number of nitrogens with two attached hydrogens (primary N) is 1. The van der Waals surface area contributed by atoms with Gasteiger partial charge in [0.2, 0.25) is 0 Å². The minimum absolute atomic E-state index is 0. The molecule has 0 radical (unpaired) electrons. The quantitative estimate of drug-likeness (QED) is 0.873. The summed E-state index contributed by atoms with van der Waals surface area (Å²) >= 11 is 1.46. The van der Waals surface area contributed by atoms with Crippen molar-refractivity contribution in [2.45, 2.75) is 13.3 Å². The molecular formula is C10H16ClN3OS. The molecule has 1 fully saturated rings. The molecule has 90 valence electrons. The van der Waals surface area contributed by atoms with E-state index in [2.05, 4.69) is 4.98 Å². The molecule has 2 rings (SSSR count). The van der Waals surface area contributed by atoms with Crippen molar-refractivity contribution in [1.29, 1.82) is 0 Å². The van der Waals surface area contributed by atoms with Gasteiger partial charge in [0.15, 0.2) is 0 Å². The molecule has 0 aromatic carbocycles. The average molecular weight is 262 g/mol. The van der Waals surface area contributed by atoms with Gasteiger partial charge in [-0.15, -0.1) is 23.7 Å². The maximum absolute atomic E-state index is 12.0. The minimum atomic E-state index is 0. The van der Waals surface area contributed by atoms with Gasteiger partial charge in [0, 0.05) is 13.1 Å². The fraction of sp³-hybridized carbons (Fsp3) is 0.600. The highest BCUT2D eigenvalue weighted by molar-refractivity contribution is 7.13. The third-order valence-corrected chi connectivity index (χ3v) is 3.64. The van der Waals surface area contributed by atoms with Gasteiger partial charge < -0.3 is 10.6 Å². The Kier molecular flexibility index (Phi) is 4.70. The summed E-state index contributed by atoms with van der Waals surface area (Å²) in [6.45, 7) is 4.21. The molecule has 0 saturated carbocycles. The number of likely N-dealkylation sites (tertiary alicyclic amines) is 1. The Morgan fingerprint density at radius 1 is 1.75 bits per heavy atom. The van der Waals surface area contributed by atoms with Gasteiger partial charge in [0.05, 0.1) is 11.2 Å². The van der Waals surface area contributed by atoms with Crippen molar-refractivity contribution in [1.82, 2.24) is 9.88 Å². The number of hydrogen-bond acceptors (Lipinski definition) is 4. The van der Waals surface area contributed by atoms with Crippen LogP contribution in [0, 0.1) is 12.8 Å². The number of hydrogen-bond donors (Lipinski definition) is 1. The zero-order chi connectivity index (χ0) is 10.8. The molecule has 2 N–H and O–H groups in total. The highest BCUT2D eigenvalue weighted by atomic mass is 35.5. The topological polar surface area (TPSA) is 59.2 Å². The second kappa shape index (κ2) is 5.61. The Bertz CT molecular complexity index is 369. The van der Waals surface area contributed by atoms with Gasteiger partial charge in [-0.25, -0.2) is 4.98 Å². The van der Waals surface area contributed by atoms with E-state index in [1.807, 2.05) is 11.8 Å². The molecule has 0 bridgehead atoms. The summed E-state index contributed by atoms with van der Waals surface area (Å²) in [5.74, 6) is 0.583. The first-order valence-electron chi connectivity index (χ1n) is 5.12. The Morgan fingerprint density at radius 3 is 3.00 bits per heavy atom.